The Morgan fingerprint density at radius 2 is 1.67 bits per heavy atom. The van der Waals surface area contributed by atoms with Gasteiger partial charge in [0, 0.05) is 13.0 Å². The molecule has 1 aliphatic heterocycles. The molecule has 0 aromatic carbocycles. The van der Waals surface area contributed by atoms with Crippen molar-refractivity contribution in [3.05, 3.63) is 0 Å². The summed E-state index contributed by atoms with van der Waals surface area (Å²) in [6.45, 7) is -0.164. The smallest absolute Gasteiger partial charge is 0.233 e. The van der Waals surface area contributed by atoms with Crippen molar-refractivity contribution in [2.75, 3.05) is 13.2 Å². The molecule has 1 heterocycles. The lowest BCUT2D eigenvalue weighted by Gasteiger charge is -2.39. The molecule has 0 aromatic rings. The van der Waals surface area contributed by atoms with Crippen LogP contribution in [0, 0.1) is 0 Å². The topological polar surface area (TPSA) is 154 Å². The summed E-state index contributed by atoms with van der Waals surface area (Å²) in [6.07, 6.45) is -0.158. The molecule has 0 radical (unpaired) electrons. The van der Waals surface area contributed by atoms with Crippen LogP contribution in [0.3, 0.4) is 0 Å². The van der Waals surface area contributed by atoms with E-state index in [9.17, 15) is 20.1 Å². The van der Waals surface area contributed by atoms with Crippen LogP contribution in [0.4, 0.5) is 0 Å². The number of carbonyl (C=O) groups excluding carboxylic acids is 1. The van der Waals surface area contributed by atoms with E-state index in [0.29, 0.717) is 13.0 Å². The molecule has 5 atom stereocenters. The minimum atomic E-state index is -1.38. The van der Waals surface area contributed by atoms with Gasteiger partial charge in [-0.15, -0.1) is 0 Å². The number of aliphatic hydroxyl groups excluding tert-OH is 4. The largest absolute Gasteiger partial charge is 0.394 e. The van der Waals surface area contributed by atoms with E-state index in [4.69, 9.17) is 20.4 Å². The quantitative estimate of drug-likeness (QED) is 0.114. The zero-order valence-corrected chi connectivity index (χ0v) is 13.8. The molecule has 9 heteroatoms. The third-order valence-electron chi connectivity index (χ3n) is 4.11. The van der Waals surface area contributed by atoms with E-state index in [1.165, 1.54) is 0 Å². The minimum Gasteiger partial charge on any atom is -0.394 e. The van der Waals surface area contributed by atoms with Gasteiger partial charge in [0.25, 0.3) is 0 Å². The third-order valence-corrected chi connectivity index (χ3v) is 4.11. The van der Waals surface area contributed by atoms with Crippen molar-refractivity contribution in [1.82, 2.24) is 5.43 Å². The number of carbonyl (C=O) groups is 1. The monoisotopic (exact) mass is 350 g/mol. The Bertz CT molecular complexity index is 359. The molecule has 142 valence electrons. The number of hydrogen-bond acceptors (Lipinski definition) is 8. The summed E-state index contributed by atoms with van der Waals surface area (Å²) in [5.41, 5.74) is 2.09. The number of nitrogens with one attached hydrogen (secondary N) is 1. The van der Waals surface area contributed by atoms with Crippen LogP contribution in [0.25, 0.3) is 0 Å². The molecule has 1 saturated heterocycles. The molecular formula is C15H30N2O7. The zero-order valence-electron chi connectivity index (χ0n) is 13.8. The summed E-state index contributed by atoms with van der Waals surface area (Å²) in [7, 11) is 0. The van der Waals surface area contributed by atoms with E-state index < -0.39 is 37.3 Å². The third kappa shape index (κ3) is 6.98. The van der Waals surface area contributed by atoms with Gasteiger partial charge in [-0.25, -0.2) is 5.84 Å². The molecule has 7 N–H and O–H groups in total. The molecular weight excluding hydrogens is 320 g/mol. The van der Waals surface area contributed by atoms with E-state index >= 15 is 0 Å². The Labute approximate surface area is 141 Å². The first-order valence-corrected chi connectivity index (χ1v) is 8.42. The van der Waals surface area contributed by atoms with Crippen molar-refractivity contribution in [3.8, 4) is 0 Å². The first kappa shape index (κ1) is 21.2. The second-order valence-electron chi connectivity index (χ2n) is 6.00. The first-order valence-electron chi connectivity index (χ1n) is 8.42. The molecule has 1 aliphatic rings. The van der Waals surface area contributed by atoms with Crippen molar-refractivity contribution < 1.29 is 34.7 Å². The van der Waals surface area contributed by atoms with Crippen LogP contribution in [0.5, 0.6) is 0 Å². The number of hydrogen-bond donors (Lipinski definition) is 6. The lowest BCUT2D eigenvalue weighted by molar-refractivity contribution is -0.296. The maximum Gasteiger partial charge on any atom is 0.233 e. The van der Waals surface area contributed by atoms with Gasteiger partial charge in [0.2, 0.25) is 5.91 Å². The van der Waals surface area contributed by atoms with Crippen LogP contribution in [0.2, 0.25) is 0 Å². The Morgan fingerprint density at radius 3 is 2.29 bits per heavy atom. The molecule has 1 rings (SSSR count). The van der Waals surface area contributed by atoms with Gasteiger partial charge in [0.1, 0.15) is 24.4 Å². The second-order valence-corrected chi connectivity index (χ2v) is 6.00. The van der Waals surface area contributed by atoms with E-state index in [1.807, 2.05) is 0 Å². The first-order chi connectivity index (χ1) is 11.5. The highest BCUT2D eigenvalue weighted by molar-refractivity contribution is 5.74. The summed E-state index contributed by atoms with van der Waals surface area (Å²) >= 11 is 0. The number of nitrogens with two attached hydrogens (primary N) is 1. The number of ether oxygens (including phenoxy) is 2. The fourth-order valence-electron chi connectivity index (χ4n) is 2.64. The van der Waals surface area contributed by atoms with Gasteiger partial charge in [0.05, 0.1) is 6.61 Å². The van der Waals surface area contributed by atoms with Crippen LogP contribution < -0.4 is 11.3 Å². The second kappa shape index (κ2) is 11.7. The van der Waals surface area contributed by atoms with Gasteiger partial charge in [-0.1, -0.05) is 25.7 Å². The van der Waals surface area contributed by atoms with Crippen molar-refractivity contribution in [3.63, 3.8) is 0 Å². The van der Waals surface area contributed by atoms with Crippen molar-refractivity contribution in [2.24, 2.45) is 5.84 Å². The van der Waals surface area contributed by atoms with Gasteiger partial charge >= 0.3 is 0 Å². The summed E-state index contributed by atoms with van der Waals surface area (Å²) in [6, 6.07) is 0. The molecule has 0 spiro atoms. The number of hydrazine groups is 1. The highest BCUT2D eigenvalue weighted by atomic mass is 16.7. The Hall–Kier alpha value is -0.810. The zero-order chi connectivity index (χ0) is 17.9. The van der Waals surface area contributed by atoms with Crippen molar-refractivity contribution in [1.29, 1.82) is 0 Å². The van der Waals surface area contributed by atoms with Crippen LogP contribution in [-0.4, -0.2) is 70.3 Å². The highest BCUT2D eigenvalue weighted by Crippen LogP contribution is 2.22. The van der Waals surface area contributed by atoms with Crippen LogP contribution in [0.15, 0.2) is 0 Å². The standard InChI is InChI=1S/C15H30N2O7/c16-17-11(19)7-5-3-1-2-4-6-8-23-14-13(21)12(20)10(9-18)24-15(14)22/h10,12-15,18,20-22H,1-9,16H2,(H,17,19)/t10-,12-,13+,14+,15+/m1/s1. The number of amides is 1. The average Bonchev–Trinajstić information content (AvgIpc) is 2.58. The van der Waals surface area contributed by atoms with Gasteiger partial charge in [-0.3, -0.25) is 10.2 Å². The van der Waals surface area contributed by atoms with Gasteiger partial charge in [-0.2, -0.15) is 0 Å². The molecule has 0 aliphatic carbocycles. The maximum absolute atomic E-state index is 10.9. The molecule has 1 fully saturated rings. The van der Waals surface area contributed by atoms with E-state index in [-0.39, 0.29) is 5.91 Å². The highest BCUT2D eigenvalue weighted by Gasteiger charge is 2.44. The molecule has 9 nitrogen and oxygen atoms in total. The molecule has 24 heavy (non-hydrogen) atoms. The van der Waals surface area contributed by atoms with Gasteiger partial charge in [-0.05, 0) is 12.8 Å². The number of rotatable bonds is 11. The Balaban J connectivity index is 2.07. The fraction of sp³-hybridized carbons (Fsp3) is 0.933. The Morgan fingerprint density at radius 1 is 1.04 bits per heavy atom. The number of aliphatic hydroxyl groups is 4. The maximum atomic E-state index is 10.9. The predicted molar refractivity (Wildman–Crippen MR) is 84.4 cm³/mol. The molecule has 0 saturated carbocycles. The molecule has 0 unspecified atom stereocenters. The van der Waals surface area contributed by atoms with Crippen LogP contribution in [0.1, 0.15) is 44.9 Å². The summed E-state index contributed by atoms with van der Waals surface area (Å²) in [5.74, 6) is 4.83. The van der Waals surface area contributed by atoms with Gasteiger partial charge < -0.3 is 29.9 Å². The predicted octanol–water partition coefficient (Wildman–Crippen LogP) is -1.48. The average molecular weight is 350 g/mol. The van der Waals surface area contributed by atoms with E-state index in [2.05, 4.69) is 5.43 Å². The summed E-state index contributed by atoms with van der Waals surface area (Å²) in [4.78, 5) is 10.9. The normalized spacial score (nSPS) is 30.3. The lowest BCUT2D eigenvalue weighted by Crippen LogP contribution is -2.59. The Kier molecular flexibility index (Phi) is 10.3. The lowest BCUT2D eigenvalue weighted by atomic mass is 9.99. The molecule has 0 aromatic heterocycles. The van der Waals surface area contributed by atoms with E-state index in [1.54, 1.807) is 0 Å². The summed E-state index contributed by atoms with van der Waals surface area (Å²) in [5, 5.41) is 38.4. The van der Waals surface area contributed by atoms with Gasteiger partial charge in [0.15, 0.2) is 6.29 Å². The van der Waals surface area contributed by atoms with Crippen LogP contribution in [-0.2, 0) is 14.3 Å². The fourth-order valence-corrected chi connectivity index (χ4v) is 2.64. The molecule has 0 bridgehead atoms. The van der Waals surface area contributed by atoms with Crippen molar-refractivity contribution >= 4 is 5.91 Å². The minimum absolute atomic E-state index is 0.152. The van der Waals surface area contributed by atoms with Crippen LogP contribution >= 0.6 is 0 Å². The SMILES string of the molecule is NNC(=O)CCCCCCCCO[C@H]1[C@@H](O)[C@H](O)[C@@H](CO)O[C@@H]1O. The summed E-state index contributed by atoms with van der Waals surface area (Å²) < 4.78 is 10.4. The molecule has 1 amide bonds. The van der Waals surface area contributed by atoms with E-state index in [0.717, 1.165) is 38.5 Å². The number of unbranched alkanes of at least 4 members (excludes halogenated alkanes) is 5. The van der Waals surface area contributed by atoms with Crippen molar-refractivity contribution in [2.45, 2.75) is 75.7 Å².